The van der Waals surface area contributed by atoms with Gasteiger partial charge in [-0.3, -0.25) is 4.03 Å². The van der Waals surface area contributed by atoms with Crippen LogP contribution in [-0.2, 0) is 14.7 Å². The molecule has 0 spiro atoms. The summed E-state index contributed by atoms with van der Waals surface area (Å²) < 4.78 is 22.0. The van der Waals surface area contributed by atoms with E-state index >= 15 is 0 Å². The van der Waals surface area contributed by atoms with Crippen LogP contribution in [0.2, 0.25) is 18.1 Å². The molecule has 1 heterocycles. The Balaban J connectivity index is 3.53. The quantitative estimate of drug-likeness (QED) is 0.681. The van der Waals surface area contributed by atoms with Gasteiger partial charge >= 0.3 is 5.97 Å². The van der Waals surface area contributed by atoms with Crippen LogP contribution < -0.4 is 5.14 Å². The first-order valence-electron chi connectivity index (χ1n) is 6.52. The van der Waals surface area contributed by atoms with E-state index in [4.69, 9.17) is 5.14 Å². The van der Waals surface area contributed by atoms with Gasteiger partial charge in [0.1, 0.15) is 9.92 Å². The van der Waals surface area contributed by atoms with E-state index in [2.05, 4.69) is 13.7 Å². The zero-order chi connectivity index (χ0) is 16.5. The number of hydrogen-bond acceptors (Lipinski definition) is 5. The highest BCUT2D eigenvalue weighted by molar-refractivity contribution is 7.92. The highest BCUT2D eigenvalue weighted by Crippen LogP contribution is 2.37. The van der Waals surface area contributed by atoms with Crippen LogP contribution >= 0.6 is 0 Å². The molecule has 1 rings (SSSR count). The Labute approximate surface area is 127 Å². The molecule has 0 fully saturated rings. The molecule has 118 valence electrons. The topological polar surface area (TPSA) is 94.6 Å². The van der Waals surface area contributed by atoms with Gasteiger partial charge in [0.15, 0.2) is 13.3 Å². The van der Waals surface area contributed by atoms with Crippen LogP contribution in [0.5, 0.6) is 0 Å². The number of carbonyl (C=O) groups is 1. The van der Waals surface area contributed by atoms with Crippen molar-refractivity contribution in [2.75, 3.05) is 7.11 Å². The first kappa shape index (κ1) is 17.8. The van der Waals surface area contributed by atoms with Gasteiger partial charge in [-0.15, -0.1) is 0 Å². The molecule has 0 amide bonds. The first-order valence-corrected chi connectivity index (χ1v) is 11.0. The number of nitrogens with zero attached hydrogens (tertiary/aromatic N) is 2. The number of nitrogens with two attached hydrogens (primary N) is 1. The number of rotatable bonds is 3. The number of hydrogen-bond donors (Lipinski definition) is 1. The van der Waals surface area contributed by atoms with E-state index in [0.29, 0.717) is 0 Å². The average molecular weight is 329 g/mol. The molecule has 1 aromatic rings. The maximum atomic E-state index is 12.9. The second kappa shape index (κ2) is 5.86. The van der Waals surface area contributed by atoms with Crippen LogP contribution in [0, 0.1) is 0 Å². The van der Waals surface area contributed by atoms with E-state index in [1.807, 2.05) is 33.9 Å². The van der Waals surface area contributed by atoms with Gasteiger partial charge in [-0.05, 0) is 30.3 Å². The Bertz CT molecular complexity index is 659. The van der Waals surface area contributed by atoms with Gasteiger partial charge in [-0.1, -0.05) is 20.8 Å². The molecule has 0 radical (unpaired) electrons. The zero-order valence-corrected chi connectivity index (χ0v) is 15.2. The van der Waals surface area contributed by atoms with Crippen LogP contribution in [-0.4, -0.2) is 30.5 Å². The minimum absolute atomic E-state index is 0.0123. The summed E-state index contributed by atoms with van der Waals surface area (Å²) in [5, 5.41) is 5.81. The summed E-state index contributed by atoms with van der Waals surface area (Å²) in [4.78, 5) is 15.8. The lowest BCUT2D eigenvalue weighted by atomic mass is 10.2. The molecule has 21 heavy (non-hydrogen) atoms. The van der Waals surface area contributed by atoms with Crippen molar-refractivity contribution >= 4 is 24.1 Å². The third-order valence-electron chi connectivity index (χ3n) is 3.65. The summed E-state index contributed by atoms with van der Waals surface area (Å²) in [6.07, 6.45) is 1.44. The predicted molar refractivity (Wildman–Crippen MR) is 85.8 cm³/mol. The molecule has 0 saturated carbocycles. The van der Waals surface area contributed by atoms with Gasteiger partial charge in [-0.2, -0.15) is 0 Å². The zero-order valence-electron chi connectivity index (χ0n) is 13.3. The van der Waals surface area contributed by atoms with Crippen molar-refractivity contribution in [2.45, 2.75) is 43.9 Å². The van der Waals surface area contributed by atoms with Gasteiger partial charge in [-0.25, -0.2) is 19.1 Å². The fourth-order valence-corrected chi connectivity index (χ4v) is 6.24. The Morgan fingerprint density at radius 3 is 2.48 bits per heavy atom. The monoisotopic (exact) mass is 329 g/mol. The Morgan fingerprint density at radius 1 is 1.43 bits per heavy atom. The summed E-state index contributed by atoms with van der Waals surface area (Å²) in [6.45, 7) is 10.1. The fourth-order valence-electron chi connectivity index (χ4n) is 1.41. The summed E-state index contributed by atoms with van der Waals surface area (Å²) in [7, 11) is -4.27. The lowest BCUT2D eigenvalue weighted by Crippen LogP contribution is -2.38. The van der Waals surface area contributed by atoms with Gasteiger partial charge in [0, 0.05) is 6.20 Å². The van der Waals surface area contributed by atoms with Crippen molar-refractivity contribution in [3.8, 4) is 0 Å². The Hall–Kier alpha value is -1.25. The maximum Gasteiger partial charge on any atom is 0.340 e. The number of carbonyl (C=O) groups excluding carboxylic acids is 1. The van der Waals surface area contributed by atoms with E-state index in [0.717, 1.165) is 0 Å². The van der Waals surface area contributed by atoms with Gasteiger partial charge < -0.3 is 4.74 Å². The molecule has 0 saturated heterocycles. The van der Waals surface area contributed by atoms with Crippen molar-refractivity contribution in [3.05, 3.63) is 23.9 Å². The molecule has 0 aliphatic carbocycles. The van der Waals surface area contributed by atoms with E-state index < -0.39 is 24.1 Å². The van der Waals surface area contributed by atoms with Crippen LogP contribution in [0.1, 0.15) is 31.1 Å². The number of methoxy groups -OCH3 is 1. The summed E-state index contributed by atoms with van der Waals surface area (Å²) in [5.74, 6) is -0.623. The second-order valence-electron chi connectivity index (χ2n) is 6.32. The molecular formula is C13H23N3O3SSi. The minimum atomic E-state index is -3.26. The second-order valence-corrected chi connectivity index (χ2v) is 13.2. The van der Waals surface area contributed by atoms with Crippen LogP contribution in [0.3, 0.4) is 0 Å². The summed E-state index contributed by atoms with van der Waals surface area (Å²) in [6, 6.07) is 3.06. The van der Waals surface area contributed by atoms with E-state index in [9.17, 15) is 9.00 Å². The molecule has 1 aromatic heterocycles. The molecule has 2 N–H and O–H groups in total. The van der Waals surface area contributed by atoms with Crippen LogP contribution in [0.4, 0.5) is 0 Å². The predicted octanol–water partition coefficient (Wildman–Crippen LogP) is 2.57. The van der Waals surface area contributed by atoms with Crippen molar-refractivity contribution in [3.63, 3.8) is 0 Å². The lowest BCUT2D eigenvalue weighted by Gasteiger charge is -2.32. The number of ether oxygens (including phenoxy) is 1. The molecule has 1 atom stereocenters. The third kappa shape index (κ3) is 3.89. The molecule has 6 nitrogen and oxygen atoms in total. The molecular weight excluding hydrogens is 306 g/mol. The molecule has 0 aliphatic heterocycles. The Morgan fingerprint density at radius 2 is 2.00 bits per heavy atom. The molecule has 0 aromatic carbocycles. The normalized spacial score (nSPS) is 15.2. The number of esters is 1. The van der Waals surface area contributed by atoms with Gasteiger partial charge in [0.05, 0.1) is 12.7 Å². The summed E-state index contributed by atoms with van der Waals surface area (Å²) in [5.41, 5.74) is 0.0926. The van der Waals surface area contributed by atoms with Crippen molar-refractivity contribution < 1.29 is 13.7 Å². The van der Waals surface area contributed by atoms with E-state index in [1.54, 1.807) is 6.07 Å². The highest BCUT2D eigenvalue weighted by Gasteiger charge is 2.38. The van der Waals surface area contributed by atoms with Crippen molar-refractivity contribution in [1.29, 1.82) is 0 Å². The molecule has 1 unspecified atom stereocenters. The number of aromatic nitrogens is 1. The average Bonchev–Trinajstić information content (AvgIpc) is 2.35. The lowest BCUT2D eigenvalue weighted by molar-refractivity contribution is 0.0595. The molecule has 0 aliphatic rings. The highest BCUT2D eigenvalue weighted by atomic mass is 32.2. The smallest absolute Gasteiger partial charge is 0.340 e. The Kier molecular flexibility index (Phi) is 4.96. The van der Waals surface area contributed by atoms with Crippen molar-refractivity contribution in [1.82, 2.24) is 4.98 Å². The molecule has 8 heteroatoms. The summed E-state index contributed by atoms with van der Waals surface area (Å²) >= 11 is 0. The minimum Gasteiger partial charge on any atom is -0.465 e. The SMILES string of the molecule is COC(=O)c1cccnc1S(N)(=O)=N[Si](C)(C)C(C)(C)C. The van der Waals surface area contributed by atoms with Gasteiger partial charge in [0.25, 0.3) is 0 Å². The maximum absolute atomic E-state index is 12.9. The number of pyridine rings is 1. The first-order chi connectivity index (χ1) is 9.42. The third-order valence-corrected chi connectivity index (χ3v) is 11.1. The standard InChI is InChI=1S/C13H23N3O3SSi/c1-13(2,3)21(5,6)16-20(14,18)11-10(12(17)19-4)8-7-9-15-11/h7-9H,1-6H3,(H2,14,16,18). The van der Waals surface area contributed by atoms with Crippen molar-refractivity contribution in [2.24, 2.45) is 9.17 Å². The van der Waals surface area contributed by atoms with Crippen LogP contribution in [0.25, 0.3) is 0 Å². The van der Waals surface area contributed by atoms with Crippen LogP contribution in [0.15, 0.2) is 27.4 Å². The van der Waals surface area contributed by atoms with E-state index in [-0.39, 0.29) is 15.6 Å². The van der Waals surface area contributed by atoms with Gasteiger partial charge in [0.2, 0.25) is 0 Å². The largest absolute Gasteiger partial charge is 0.465 e. The molecule has 0 bridgehead atoms. The fraction of sp³-hybridized carbons (Fsp3) is 0.538. The van der Waals surface area contributed by atoms with E-state index in [1.165, 1.54) is 19.4 Å².